The van der Waals surface area contributed by atoms with Gasteiger partial charge in [-0.05, 0) is 19.8 Å². The standard InChI is InChI=1S/C10H16N4/c1-2-12-10-7-11-5-9(14-10)6-13-8-3-4-8/h5,7-8,13H,2-4,6H2,1H3,(H,12,14). The molecular weight excluding hydrogens is 176 g/mol. The Morgan fingerprint density at radius 1 is 1.43 bits per heavy atom. The molecule has 0 radical (unpaired) electrons. The van der Waals surface area contributed by atoms with E-state index in [1.165, 1.54) is 12.8 Å². The lowest BCUT2D eigenvalue weighted by atomic mass is 10.4. The molecule has 0 unspecified atom stereocenters. The first-order valence-electron chi connectivity index (χ1n) is 5.16. The molecule has 0 bridgehead atoms. The Morgan fingerprint density at radius 3 is 3.00 bits per heavy atom. The largest absolute Gasteiger partial charge is 0.369 e. The summed E-state index contributed by atoms with van der Waals surface area (Å²) in [4.78, 5) is 8.56. The second-order valence-electron chi connectivity index (χ2n) is 3.58. The van der Waals surface area contributed by atoms with Crippen molar-refractivity contribution in [2.24, 2.45) is 0 Å². The van der Waals surface area contributed by atoms with E-state index in [9.17, 15) is 0 Å². The van der Waals surface area contributed by atoms with Crippen LogP contribution in [0.3, 0.4) is 0 Å². The van der Waals surface area contributed by atoms with Gasteiger partial charge in [0.2, 0.25) is 0 Å². The van der Waals surface area contributed by atoms with Crippen LogP contribution in [0.4, 0.5) is 5.82 Å². The van der Waals surface area contributed by atoms with Crippen LogP contribution >= 0.6 is 0 Å². The molecule has 0 spiro atoms. The Labute approximate surface area is 84.2 Å². The summed E-state index contributed by atoms with van der Waals surface area (Å²) in [7, 11) is 0. The Hall–Kier alpha value is -1.16. The minimum Gasteiger partial charge on any atom is -0.369 e. The predicted molar refractivity (Wildman–Crippen MR) is 56.1 cm³/mol. The van der Waals surface area contributed by atoms with Crippen LogP contribution < -0.4 is 10.6 Å². The second kappa shape index (κ2) is 4.37. The van der Waals surface area contributed by atoms with Crippen LogP contribution in [0.5, 0.6) is 0 Å². The van der Waals surface area contributed by atoms with Gasteiger partial charge in [0.05, 0.1) is 11.9 Å². The zero-order valence-electron chi connectivity index (χ0n) is 8.45. The van der Waals surface area contributed by atoms with Gasteiger partial charge in [0.25, 0.3) is 0 Å². The summed E-state index contributed by atoms with van der Waals surface area (Å²) < 4.78 is 0. The van der Waals surface area contributed by atoms with Crippen molar-refractivity contribution in [2.75, 3.05) is 11.9 Å². The van der Waals surface area contributed by atoms with Crippen molar-refractivity contribution in [1.82, 2.24) is 15.3 Å². The van der Waals surface area contributed by atoms with E-state index in [1.54, 1.807) is 6.20 Å². The van der Waals surface area contributed by atoms with Gasteiger partial charge in [0, 0.05) is 25.3 Å². The fourth-order valence-corrected chi connectivity index (χ4v) is 1.29. The maximum atomic E-state index is 4.43. The molecule has 4 nitrogen and oxygen atoms in total. The van der Waals surface area contributed by atoms with Crippen molar-refractivity contribution in [3.63, 3.8) is 0 Å². The van der Waals surface area contributed by atoms with Crippen molar-refractivity contribution in [1.29, 1.82) is 0 Å². The molecule has 1 aliphatic rings. The maximum absolute atomic E-state index is 4.43. The molecule has 2 N–H and O–H groups in total. The fraction of sp³-hybridized carbons (Fsp3) is 0.600. The van der Waals surface area contributed by atoms with Crippen molar-refractivity contribution < 1.29 is 0 Å². The molecule has 1 saturated carbocycles. The normalized spacial score (nSPS) is 15.5. The van der Waals surface area contributed by atoms with Gasteiger partial charge in [0.1, 0.15) is 5.82 Å². The molecule has 0 saturated heterocycles. The molecule has 1 heterocycles. The van der Waals surface area contributed by atoms with Gasteiger partial charge < -0.3 is 10.6 Å². The molecule has 0 amide bonds. The summed E-state index contributed by atoms with van der Waals surface area (Å²) in [6.07, 6.45) is 6.18. The monoisotopic (exact) mass is 192 g/mol. The minimum absolute atomic E-state index is 0.722. The number of rotatable bonds is 5. The molecule has 4 heteroatoms. The van der Waals surface area contributed by atoms with Crippen LogP contribution in [-0.2, 0) is 6.54 Å². The lowest BCUT2D eigenvalue weighted by Crippen LogP contribution is -2.16. The maximum Gasteiger partial charge on any atom is 0.144 e. The highest BCUT2D eigenvalue weighted by Gasteiger charge is 2.20. The first-order chi connectivity index (χ1) is 6.88. The second-order valence-corrected chi connectivity index (χ2v) is 3.58. The summed E-state index contributed by atoms with van der Waals surface area (Å²) in [5.74, 6) is 0.864. The molecule has 76 valence electrons. The SMILES string of the molecule is CCNc1cncc(CNC2CC2)n1. The molecule has 1 aromatic heterocycles. The Balaban J connectivity index is 1.90. The first-order valence-corrected chi connectivity index (χ1v) is 5.16. The van der Waals surface area contributed by atoms with Crippen LogP contribution in [-0.4, -0.2) is 22.6 Å². The molecule has 0 atom stereocenters. The zero-order chi connectivity index (χ0) is 9.80. The van der Waals surface area contributed by atoms with Gasteiger partial charge in [-0.25, -0.2) is 4.98 Å². The van der Waals surface area contributed by atoms with Crippen LogP contribution in [0.2, 0.25) is 0 Å². The molecular formula is C10H16N4. The number of nitrogens with one attached hydrogen (secondary N) is 2. The lowest BCUT2D eigenvalue weighted by Gasteiger charge is -2.05. The number of nitrogens with zero attached hydrogens (tertiary/aromatic N) is 2. The molecule has 1 fully saturated rings. The third kappa shape index (κ3) is 2.67. The highest BCUT2D eigenvalue weighted by molar-refractivity contribution is 5.31. The summed E-state index contributed by atoms with van der Waals surface area (Å²) in [6, 6.07) is 0.722. The van der Waals surface area contributed by atoms with Crippen molar-refractivity contribution in [3.05, 3.63) is 18.1 Å². The number of hydrogen-bond acceptors (Lipinski definition) is 4. The quantitative estimate of drug-likeness (QED) is 0.735. The van der Waals surface area contributed by atoms with Crippen molar-refractivity contribution >= 4 is 5.82 Å². The molecule has 1 aromatic rings. The summed E-state index contributed by atoms with van der Waals surface area (Å²) >= 11 is 0. The number of anilines is 1. The molecule has 0 aliphatic heterocycles. The van der Waals surface area contributed by atoms with Gasteiger partial charge in [0.15, 0.2) is 0 Å². The average molecular weight is 192 g/mol. The van der Waals surface area contributed by atoms with Crippen molar-refractivity contribution in [2.45, 2.75) is 32.4 Å². The first kappa shape index (κ1) is 9.40. The predicted octanol–water partition coefficient (Wildman–Crippen LogP) is 1.16. The summed E-state index contributed by atoms with van der Waals surface area (Å²) in [6.45, 7) is 3.77. The Bertz CT molecular complexity index is 296. The molecule has 14 heavy (non-hydrogen) atoms. The van der Waals surface area contributed by atoms with Crippen LogP contribution in [0.25, 0.3) is 0 Å². The van der Waals surface area contributed by atoms with E-state index >= 15 is 0 Å². The Kier molecular flexibility index (Phi) is 2.93. The Morgan fingerprint density at radius 2 is 2.29 bits per heavy atom. The van der Waals surface area contributed by atoms with Crippen LogP contribution in [0.1, 0.15) is 25.5 Å². The molecule has 0 aromatic carbocycles. The molecule has 1 aliphatic carbocycles. The number of aromatic nitrogens is 2. The smallest absolute Gasteiger partial charge is 0.144 e. The van der Waals surface area contributed by atoms with E-state index in [-0.39, 0.29) is 0 Å². The van der Waals surface area contributed by atoms with E-state index < -0.39 is 0 Å². The fourth-order valence-electron chi connectivity index (χ4n) is 1.29. The van der Waals surface area contributed by atoms with Gasteiger partial charge in [-0.2, -0.15) is 0 Å². The van der Waals surface area contributed by atoms with E-state index in [0.29, 0.717) is 0 Å². The van der Waals surface area contributed by atoms with Gasteiger partial charge in [-0.3, -0.25) is 4.98 Å². The minimum atomic E-state index is 0.722. The zero-order valence-corrected chi connectivity index (χ0v) is 8.45. The highest BCUT2D eigenvalue weighted by Crippen LogP contribution is 2.18. The van der Waals surface area contributed by atoms with Gasteiger partial charge in [-0.1, -0.05) is 0 Å². The van der Waals surface area contributed by atoms with E-state index in [2.05, 4.69) is 27.5 Å². The number of hydrogen-bond donors (Lipinski definition) is 2. The van der Waals surface area contributed by atoms with E-state index in [0.717, 1.165) is 30.6 Å². The van der Waals surface area contributed by atoms with Crippen LogP contribution in [0.15, 0.2) is 12.4 Å². The summed E-state index contributed by atoms with van der Waals surface area (Å²) in [5, 5.41) is 6.56. The average Bonchev–Trinajstić information content (AvgIpc) is 2.99. The third-order valence-electron chi connectivity index (χ3n) is 2.19. The van der Waals surface area contributed by atoms with Gasteiger partial charge in [-0.15, -0.1) is 0 Å². The summed E-state index contributed by atoms with van der Waals surface area (Å²) in [5.41, 5.74) is 1.01. The topological polar surface area (TPSA) is 49.8 Å². The van der Waals surface area contributed by atoms with Gasteiger partial charge >= 0.3 is 0 Å². The van der Waals surface area contributed by atoms with Crippen molar-refractivity contribution in [3.8, 4) is 0 Å². The molecule has 2 rings (SSSR count). The van der Waals surface area contributed by atoms with E-state index in [1.807, 2.05) is 6.20 Å². The van der Waals surface area contributed by atoms with E-state index in [4.69, 9.17) is 0 Å². The lowest BCUT2D eigenvalue weighted by molar-refractivity contribution is 0.672. The van der Waals surface area contributed by atoms with Crippen LogP contribution in [0, 0.1) is 0 Å². The third-order valence-corrected chi connectivity index (χ3v) is 2.19. The highest BCUT2D eigenvalue weighted by atomic mass is 15.0.